The molecule has 1 atom stereocenters. The molecule has 2 N–H and O–H groups in total. The molecule has 4 nitrogen and oxygen atoms in total. The van der Waals surface area contributed by atoms with Gasteiger partial charge in [-0.2, -0.15) is 0 Å². The van der Waals surface area contributed by atoms with Gasteiger partial charge in [-0.1, -0.05) is 12.1 Å². The molecular weight excluding hydrogens is 303 g/mol. The molecule has 5 heteroatoms. The summed E-state index contributed by atoms with van der Waals surface area (Å²) in [4.78, 5) is 8.34. The molecule has 0 fully saturated rings. The Kier molecular flexibility index (Phi) is 6.29. The molecule has 0 bridgehead atoms. The maximum absolute atomic E-state index is 13.7. The van der Waals surface area contributed by atoms with E-state index in [9.17, 15) is 4.39 Å². The molecule has 0 saturated carbocycles. The van der Waals surface area contributed by atoms with Crippen LogP contribution in [0.2, 0.25) is 0 Å². The standard InChI is InChI=1S/C19H25FN4/c1-13-5-6-17(11-18(13)20)15(3)24-19(21-4)23-10-8-16-7-9-22-12-14(16)2/h5-7,9,11-12,15H,8,10H2,1-4H3,(H2,21,23,24). The fraction of sp³-hybridized carbons (Fsp3) is 0.368. The van der Waals surface area contributed by atoms with Crippen molar-refractivity contribution in [1.29, 1.82) is 0 Å². The Morgan fingerprint density at radius 3 is 2.71 bits per heavy atom. The van der Waals surface area contributed by atoms with Crippen molar-refractivity contribution >= 4 is 5.96 Å². The number of aliphatic imine (C=N–C) groups is 1. The average Bonchev–Trinajstić information content (AvgIpc) is 2.57. The molecule has 2 aromatic rings. The summed E-state index contributed by atoms with van der Waals surface area (Å²) in [6.07, 6.45) is 4.57. The Morgan fingerprint density at radius 1 is 1.25 bits per heavy atom. The van der Waals surface area contributed by atoms with E-state index in [4.69, 9.17) is 0 Å². The van der Waals surface area contributed by atoms with E-state index in [2.05, 4.69) is 27.5 Å². The van der Waals surface area contributed by atoms with Gasteiger partial charge in [0, 0.05) is 26.0 Å². The van der Waals surface area contributed by atoms with Crippen LogP contribution in [0.4, 0.5) is 4.39 Å². The van der Waals surface area contributed by atoms with Crippen LogP contribution in [0.15, 0.2) is 41.7 Å². The summed E-state index contributed by atoms with van der Waals surface area (Å²) < 4.78 is 13.7. The molecule has 0 radical (unpaired) electrons. The number of guanidine groups is 1. The molecule has 0 aliphatic carbocycles. The highest BCUT2D eigenvalue weighted by Crippen LogP contribution is 2.16. The minimum Gasteiger partial charge on any atom is -0.356 e. The van der Waals surface area contributed by atoms with Gasteiger partial charge < -0.3 is 10.6 Å². The highest BCUT2D eigenvalue weighted by atomic mass is 19.1. The van der Waals surface area contributed by atoms with Gasteiger partial charge >= 0.3 is 0 Å². The fourth-order valence-corrected chi connectivity index (χ4v) is 2.46. The molecule has 0 aliphatic rings. The second-order valence-corrected chi connectivity index (χ2v) is 5.93. The molecule has 2 rings (SSSR count). The quantitative estimate of drug-likeness (QED) is 0.654. The number of hydrogen-bond donors (Lipinski definition) is 2. The summed E-state index contributed by atoms with van der Waals surface area (Å²) in [6, 6.07) is 7.30. The van der Waals surface area contributed by atoms with Gasteiger partial charge in [0.1, 0.15) is 5.82 Å². The van der Waals surface area contributed by atoms with Crippen LogP contribution in [0, 0.1) is 19.7 Å². The second kappa shape index (κ2) is 8.43. The van der Waals surface area contributed by atoms with Gasteiger partial charge in [-0.25, -0.2) is 4.39 Å². The molecule has 1 aromatic heterocycles. The summed E-state index contributed by atoms with van der Waals surface area (Å²) in [5, 5.41) is 6.59. The SMILES string of the molecule is CN=C(NCCc1ccncc1C)NC(C)c1ccc(C)c(F)c1. The predicted molar refractivity (Wildman–Crippen MR) is 96.7 cm³/mol. The topological polar surface area (TPSA) is 49.3 Å². The van der Waals surface area contributed by atoms with Crippen LogP contribution in [0.3, 0.4) is 0 Å². The summed E-state index contributed by atoms with van der Waals surface area (Å²) in [5.41, 5.74) is 4.00. The maximum Gasteiger partial charge on any atom is 0.191 e. The minimum atomic E-state index is -0.183. The predicted octanol–water partition coefficient (Wildman–Crippen LogP) is 3.31. The Hall–Kier alpha value is -2.43. The van der Waals surface area contributed by atoms with Crippen molar-refractivity contribution in [3.8, 4) is 0 Å². The summed E-state index contributed by atoms with van der Waals surface area (Å²) >= 11 is 0. The van der Waals surface area contributed by atoms with Crippen molar-refractivity contribution < 1.29 is 4.39 Å². The molecular formula is C19H25FN4. The first-order valence-electron chi connectivity index (χ1n) is 8.14. The highest BCUT2D eigenvalue weighted by molar-refractivity contribution is 5.80. The van der Waals surface area contributed by atoms with Crippen molar-refractivity contribution in [3.05, 3.63) is 64.7 Å². The zero-order valence-electron chi connectivity index (χ0n) is 14.7. The number of nitrogens with zero attached hydrogens (tertiary/aromatic N) is 2. The molecule has 1 unspecified atom stereocenters. The van der Waals surface area contributed by atoms with E-state index < -0.39 is 0 Å². The summed E-state index contributed by atoms with van der Waals surface area (Å²) in [5.74, 6) is 0.521. The molecule has 0 saturated heterocycles. The number of pyridine rings is 1. The van der Waals surface area contributed by atoms with E-state index in [1.807, 2.05) is 31.5 Å². The van der Waals surface area contributed by atoms with E-state index in [-0.39, 0.29) is 11.9 Å². The van der Waals surface area contributed by atoms with Gasteiger partial charge in [0.15, 0.2) is 5.96 Å². The zero-order chi connectivity index (χ0) is 17.5. The van der Waals surface area contributed by atoms with Gasteiger partial charge in [-0.05, 0) is 61.6 Å². The van der Waals surface area contributed by atoms with E-state index in [0.29, 0.717) is 11.5 Å². The van der Waals surface area contributed by atoms with Crippen molar-refractivity contribution in [2.75, 3.05) is 13.6 Å². The van der Waals surface area contributed by atoms with E-state index in [0.717, 1.165) is 18.5 Å². The monoisotopic (exact) mass is 328 g/mol. The van der Waals surface area contributed by atoms with Gasteiger partial charge in [-0.3, -0.25) is 9.98 Å². The molecule has 1 heterocycles. The van der Waals surface area contributed by atoms with Crippen LogP contribution >= 0.6 is 0 Å². The van der Waals surface area contributed by atoms with Gasteiger partial charge in [0.2, 0.25) is 0 Å². The average molecular weight is 328 g/mol. The first-order chi connectivity index (χ1) is 11.5. The number of halogens is 1. The summed E-state index contributed by atoms with van der Waals surface area (Å²) in [6.45, 7) is 6.58. The second-order valence-electron chi connectivity index (χ2n) is 5.93. The molecule has 0 spiro atoms. The maximum atomic E-state index is 13.7. The Labute approximate surface area is 143 Å². The summed E-state index contributed by atoms with van der Waals surface area (Å²) in [7, 11) is 1.73. The van der Waals surface area contributed by atoms with Crippen molar-refractivity contribution in [3.63, 3.8) is 0 Å². The lowest BCUT2D eigenvalue weighted by molar-refractivity contribution is 0.607. The number of hydrogen-bond acceptors (Lipinski definition) is 2. The smallest absolute Gasteiger partial charge is 0.191 e. The van der Waals surface area contributed by atoms with Crippen molar-refractivity contribution in [2.24, 2.45) is 4.99 Å². The lowest BCUT2D eigenvalue weighted by Gasteiger charge is -2.19. The Morgan fingerprint density at radius 2 is 2.04 bits per heavy atom. The lowest BCUT2D eigenvalue weighted by atomic mass is 10.1. The van der Waals surface area contributed by atoms with Crippen molar-refractivity contribution in [2.45, 2.75) is 33.2 Å². The van der Waals surface area contributed by atoms with Crippen LogP contribution in [0.25, 0.3) is 0 Å². The van der Waals surface area contributed by atoms with Gasteiger partial charge in [0.25, 0.3) is 0 Å². The number of aromatic nitrogens is 1. The largest absolute Gasteiger partial charge is 0.356 e. The Bertz CT molecular complexity index is 712. The molecule has 24 heavy (non-hydrogen) atoms. The number of benzene rings is 1. The first kappa shape index (κ1) is 17.9. The van der Waals surface area contributed by atoms with Crippen LogP contribution < -0.4 is 10.6 Å². The third kappa shape index (κ3) is 4.78. The van der Waals surface area contributed by atoms with Crippen LogP contribution in [0.5, 0.6) is 0 Å². The first-order valence-corrected chi connectivity index (χ1v) is 8.14. The molecule has 0 amide bonds. The lowest BCUT2D eigenvalue weighted by Crippen LogP contribution is -2.39. The minimum absolute atomic E-state index is 0.0334. The fourth-order valence-electron chi connectivity index (χ4n) is 2.46. The number of nitrogens with one attached hydrogen (secondary N) is 2. The van der Waals surface area contributed by atoms with Crippen LogP contribution in [-0.4, -0.2) is 24.5 Å². The van der Waals surface area contributed by atoms with E-state index in [1.165, 1.54) is 11.1 Å². The highest BCUT2D eigenvalue weighted by Gasteiger charge is 2.09. The number of rotatable bonds is 5. The van der Waals surface area contributed by atoms with Crippen LogP contribution in [0.1, 0.15) is 35.2 Å². The van der Waals surface area contributed by atoms with Gasteiger partial charge in [-0.15, -0.1) is 0 Å². The molecule has 0 aliphatic heterocycles. The van der Waals surface area contributed by atoms with E-state index >= 15 is 0 Å². The third-order valence-corrected chi connectivity index (χ3v) is 4.10. The molecule has 128 valence electrons. The van der Waals surface area contributed by atoms with Gasteiger partial charge in [0.05, 0.1) is 6.04 Å². The van der Waals surface area contributed by atoms with Crippen molar-refractivity contribution in [1.82, 2.24) is 15.6 Å². The number of aryl methyl sites for hydroxylation is 2. The molecule has 1 aromatic carbocycles. The van der Waals surface area contributed by atoms with Crippen LogP contribution in [-0.2, 0) is 6.42 Å². The Balaban J connectivity index is 1.90. The zero-order valence-corrected chi connectivity index (χ0v) is 14.7. The third-order valence-electron chi connectivity index (χ3n) is 4.10. The normalized spacial score (nSPS) is 12.8. The van der Waals surface area contributed by atoms with E-state index in [1.54, 1.807) is 26.1 Å².